The van der Waals surface area contributed by atoms with Crippen LogP contribution in [0.25, 0.3) is 0 Å². The van der Waals surface area contributed by atoms with Crippen LogP contribution in [0.1, 0.15) is 67.9 Å². The highest BCUT2D eigenvalue weighted by atomic mass is 16.6. The first-order valence-corrected chi connectivity index (χ1v) is 8.05. The van der Waals surface area contributed by atoms with Crippen LogP contribution in [0.3, 0.4) is 0 Å². The van der Waals surface area contributed by atoms with Gasteiger partial charge >= 0.3 is 12.1 Å². The van der Waals surface area contributed by atoms with Crippen molar-refractivity contribution in [2.45, 2.75) is 52.6 Å². The molecule has 1 aromatic carbocycles. The third-order valence-electron chi connectivity index (χ3n) is 3.73. The Morgan fingerprint density at radius 2 is 1.64 bits per heavy atom. The lowest BCUT2D eigenvalue weighted by atomic mass is 9.92. The maximum absolute atomic E-state index is 12.4. The number of rotatable bonds is 5. The second kappa shape index (κ2) is 8.50. The lowest BCUT2D eigenvalue weighted by Gasteiger charge is -2.18. The van der Waals surface area contributed by atoms with Gasteiger partial charge in [-0.15, -0.1) is 0 Å². The fraction of sp³-hybridized carbons (Fsp3) is 0.500. The van der Waals surface area contributed by atoms with Gasteiger partial charge < -0.3 is 14.6 Å². The van der Waals surface area contributed by atoms with Gasteiger partial charge in [0, 0.05) is 0 Å². The molecule has 7 nitrogen and oxygen atoms in total. The lowest BCUT2D eigenvalue weighted by molar-refractivity contribution is -0.128. The Morgan fingerprint density at radius 1 is 1.04 bits per heavy atom. The highest BCUT2D eigenvalue weighted by Gasteiger charge is 2.25. The number of alkyl carbamates (subject to hydrolysis) is 1. The lowest BCUT2D eigenvalue weighted by Crippen LogP contribution is -2.39. The number of imide groups is 1. The van der Waals surface area contributed by atoms with E-state index >= 15 is 0 Å². The number of ether oxygens (including phenoxy) is 2. The molecule has 0 bridgehead atoms. The zero-order chi connectivity index (χ0) is 19.3. The Labute approximate surface area is 147 Å². The number of aromatic hydroxyl groups is 1. The Kier molecular flexibility index (Phi) is 6.97. The summed E-state index contributed by atoms with van der Waals surface area (Å²) in [7, 11) is 1.11. The number of carbonyl (C=O) groups excluding carboxylic acids is 3. The number of benzene rings is 1. The topological polar surface area (TPSA) is 102 Å². The molecule has 1 aromatic rings. The number of esters is 1. The van der Waals surface area contributed by atoms with Crippen molar-refractivity contribution in [3.63, 3.8) is 0 Å². The molecule has 0 aliphatic rings. The first-order chi connectivity index (χ1) is 11.6. The summed E-state index contributed by atoms with van der Waals surface area (Å²) in [6.07, 6.45) is -2.17. The Balaban J connectivity index is 3.08. The minimum atomic E-state index is -1.23. The van der Waals surface area contributed by atoms with Crippen LogP contribution in [0.4, 0.5) is 4.79 Å². The number of carbonyl (C=O) groups is 3. The molecule has 0 fully saturated rings. The molecule has 0 saturated carbocycles. The van der Waals surface area contributed by atoms with Gasteiger partial charge in [0.05, 0.1) is 7.11 Å². The van der Waals surface area contributed by atoms with Crippen molar-refractivity contribution >= 4 is 18.0 Å². The normalized spacial score (nSPS) is 12.0. The molecular weight excluding hydrogens is 326 g/mol. The largest absolute Gasteiger partial charge is 0.507 e. The third-order valence-corrected chi connectivity index (χ3v) is 3.73. The molecule has 0 aromatic heterocycles. The van der Waals surface area contributed by atoms with Gasteiger partial charge in [0.15, 0.2) is 6.10 Å². The fourth-order valence-electron chi connectivity index (χ4n) is 2.14. The van der Waals surface area contributed by atoms with E-state index < -0.39 is 24.1 Å². The van der Waals surface area contributed by atoms with E-state index in [0.717, 1.165) is 12.7 Å². The van der Waals surface area contributed by atoms with Crippen LogP contribution in [0.5, 0.6) is 5.75 Å². The van der Waals surface area contributed by atoms with E-state index in [1.807, 2.05) is 39.1 Å². The molecular formula is C18H25NO6. The summed E-state index contributed by atoms with van der Waals surface area (Å²) in [6, 6.07) is 3.41. The van der Waals surface area contributed by atoms with Crippen molar-refractivity contribution in [3.8, 4) is 5.75 Å². The maximum Gasteiger partial charge on any atom is 0.413 e. The molecule has 0 heterocycles. The molecule has 2 N–H and O–H groups in total. The standard InChI is InChI=1S/C18H25NO6/c1-9(2)12-7-13(10(3)4)15(20)14(8-12)17(22)25-11(5)16(21)19-18(23)24-6/h7-11,20H,1-6H3,(H,19,21,23)/t11-/m0/s1. The van der Waals surface area contributed by atoms with Crippen LogP contribution < -0.4 is 5.32 Å². The molecule has 0 spiro atoms. The summed E-state index contributed by atoms with van der Waals surface area (Å²) in [5, 5.41) is 12.3. The molecule has 0 unspecified atom stereocenters. The smallest absolute Gasteiger partial charge is 0.413 e. The third kappa shape index (κ3) is 5.20. The number of phenols is 1. The molecule has 25 heavy (non-hydrogen) atoms. The molecule has 0 radical (unpaired) electrons. The number of methoxy groups -OCH3 is 1. The van der Waals surface area contributed by atoms with E-state index in [2.05, 4.69) is 4.74 Å². The summed E-state index contributed by atoms with van der Waals surface area (Å²) >= 11 is 0. The van der Waals surface area contributed by atoms with Gasteiger partial charge in [-0.25, -0.2) is 9.59 Å². The van der Waals surface area contributed by atoms with Crippen LogP contribution in [0, 0.1) is 0 Å². The molecule has 0 aliphatic carbocycles. The Bertz CT molecular complexity index is 666. The van der Waals surface area contributed by atoms with E-state index in [4.69, 9.17) is 4.74 Å². The second-order valence-corrected chi connectivity index (χ2v) is 6.34. The average Bonchev–Trinajstić information content (AvgIpc) is 2.53. The van der Waals surface area contributed by atoms with Crippen LogP contribution in [0.2, 0.25) is 0 Å². The highest BCUT2D eigenvalue weighted by Crippen LogP contribution is 2.33. The van der Waals surface area contributed by atoms with E-state index in [-0.39, 0.29) is 23.1 Å². The van der Waals surface area contributed by atoms with Gasteiger partial charge in [-0.2, -0.15) is 0 Å². The summed E-state index contributed by atoms with van der Waals surface area (Å²) in [5.41, 5.74) is 1.50. The number of hydrogen-bond donors (Lipinski definition) is 2. The summed E-state index contributed by atoms with van der Waals surface area (Å²) in [4.78, 5) is 35.2. The average molecular weight is 351 g/mol. The summed E-state index contributed by atoms with van der Waals surface area (Å²) in [5.74, 6) is -1.67. The highest BCUT2D eigenvalue weighted by molar-refractivity contribution is 5.98. The number of phenolic OH excluding ortho intramolecular Hbond substituents is 1. The van der Waals surface area contributed by atoms with Gasteiger partial charge in [0.2, 0.25) is 0 Å². The van der Waals surface area contributed by atoms with Gasteiger partial charge in [-0.3, -0.25) is 10.1 Å². The Hall–Kier alpha value is -2.57. The number of hydrogen-bond acceptors (Lipinski definition) is 6. The molecule has 138 valence electrons. The van der Waals surface area contributed by atoms with Crippen LogP contribution in [0.15, 0.2) is 12.1 Å². The van der Waals surface area contributed by atoms with Gasteiger partial charge in [-0.05, 0) is 36.0 Å². The molecule has 1 rings (SSSR count). The van der Waals surface area contributed by atoms with E-state index in [9.17, 15) is 19.5 Å². The zero-order valence-electron chi connectivity index (χ0n) is 15.4. The summed E-state index contributed by atoms with van der Waals surface area (Å²) < 4.78 is 9.39. The molecule has 0 saturated heterocycles. The Morgan fingerprint density at radius 3 is 2.12 bits per heavy atom. The predicted molar refractivity (Wildman–Crippen MR) is 91.7 cm³/mol. The van der Waals surface area contributed by atoms with Crippen LogP contribution >= 0.6 is 0 Å². The van der Waals surface area contributed by atoms with Gasteiger partial charge in [0.25, 0.3) is 5.91 Å². The van der Waals surface area contributed by atoms with Crippen molar-refractivity contribution < 1.29 is 29.0 Å². The zero-order valence-corrected chi connectivity index (χ0v) is 15.4. The minimum Gasteiger partial charge on any atom is -0.507 e. The van der Waals surface area contributed by atoms with Crippen molar-refractivity contribution in [1.82, 2.24) is 5.32 Å². The quantitative estimate of drug-likeness (QED) is 0.791. The van der Waals surface area contributed by atoms with E-state index in [0.29, 0.717) is 5.56 Å². The van der Waals surface area contributed by atoms with Crippen LogP contribution in [-0.2, 0) is 14.3 Å². The van der Waals surface area contributed by atoms with Crippen molar-refractivity contribution in [3.05, 3.63) is 28.8 Å². The van der Waals surface area contributed by atoms with E-state index in [1.165, 1.54) is 6.92 Å². The monoisotopic (exact) mass is 351 g/mol. The SMILES string of the molecule is COC(=O)NC(=O)[C@H](C)OC(=O)c1cc(C(C)C)cc(C(C)C)c1O. The van der Waals surface area contributed by atoms with Crippen molar-refractivity contribution in [2.24, 2.45) is 0 Å². The van der Waals surface area contributed by atoms with Crippen LogP contribution in [-0.4, -0.2) is 36.3 Å². The minimum absolute atomic E-state index is 0.00490. The molecule has 7 heteroatoms. The van der Waals surface area contributed by atoms with Gasteiger partial charge in [0.1, 0.15) is 11.3 Å². The predicted octanol–water partition coefficient (Wildman–Crippen LogP) is 3.07. The first kappa shape index (κ1) is 20.5. The fourth-order valence-corrected chi connectivity index (χ4v) is 2.14. The number of amides is 2. The first-order valence-electron chi connectivity index (χ1n) is 8.05. The molecule has 0 aliphatic heterocycles. The van der Waals surface area contributed by atoms with Crippen molar-refractivity contribution in [1.29, 1.82) is 0 Å². The second-order valence-electron chi connectivity index (χ2n) is 6.34. The molecule has 2 amide bonds. The molecule has 1 atom stereocenters. The van der Waals surface area contributed by atoms with E-state index in [1.54, 1.807) is 6.07 Å². The number of nitrogens with one attached hydrogen (secondary N) is 1. The van der Waals surface area contributed by atoms with Gasteiger partial charge in [-0.1, -0.05) is 33.8 Å². The summed E-state index contributed by atoms with van der Waals surface area (Å²) in [6.45, 7) is 9.07. The maximum atomic E-state index is 12.4. The van der Waals surface area contributed by atoms with Crippen molar-refractivity contribution in [2.75, 3.05) is 7.11 Å².